The molecule has 5 heteroatoms. The smallest absolute Gasteiger partial charge is 0.328 e. The van der Waals surface area contributed by atoms with Gasteiger partial charge in [-0.15, -0.1) is 0 Å². The Morgan fingerprint density at radius 2 is 2.19 bits per heavy atom. The van der Waals surface area contributed by atoms with Gasteiger partial charge in [-0.05, 0) is 30.6 Å². The van der Waals surface area contributed by atoms with Gasteiger partial charge in [0.2, 0.25) is 0 Å². The minimum absolute atomic E-state index is 0.150. The third-order valence-electron chi connectivity index (χ3n) is 3.92. The summed E-state index contributed by atoms with van der Waals surface area (Å²) < 4.78 is 0. The van der Waals surface area contributed by atoms with Crippen LogP contribution in [0.15, 0.2) is 12.2 Å². The molecule has 90 valence electrons. The molecule has 0 heterocycles. The molecule has 1 fully saturated rings. The number of hydrogen-bond donors (Lipinski definition) is 4. The van der Waals surface area contributed by atoms with E-state index in [4.69, 9.17) is 15.9 Å². The van der Waals surface area contributed by atoms with Gasteiger partial charge in [0.25, 0.3) is 0 Å². The van der Waals surface area contributed by atoms with Gasteiger partial charge in [-0.1, -0.05) is 12.2 Å². The Hall–Kier alpha value is -0.910. The van der Waals surface area contributed by atoms with Crippen molar-refractivity contribution in [2.75, 3.05) is 6.61 Å². The van der Waals surface area contributed by atoms with Crippen molar-refractivity contribution in [3.63, 3.8) is 0 Å². The number of fused-ring (bicyclic) bond motifs is 2. The van der Waals surface area contributed by atoms with E-state index in [9.17, 15) is 9.90 Å². The molecule has 5 N–H and O–H groups in total. The van der Waals surface area contributed by atoms with E-state index in [2.05, 4.69) is 6.08 Å². The maximum Gasteiger partial charge on any atom is 0.328 e. The number of aliphatic carboxylic acids is 1. The second kappa shape index (κ2) is 3.84. The third kappa shape index (κ3) is 1.55. The first kappa shape index (κ1) is 11.6. The van der Waals surface area contributed by atoms with Gasteiger partial charge in [-0.25, -0.2) is 0 Å². The zero-order chi connectivity index (χ0) is 11.9. The summed E-state index contributed by atoms with van der Waals surface area (Å²) in [6.45, 7) is -0.749. The van der Waals surface area contributed by atoms with Crippen LogP contribution < -0.4 is 5.73 Å². The van der Waals surface area contributed by atoms with Crippen molar-refractivity contribution in [3.05, 3.63) is 12.2 Å². The number of carboxylic acids is 1. The van der Waals surface area contributed by atoms with E-state index in [1.807, 2.05) is 6.08 Å². The maximum absolute atomic E-state index is 11.0. The highest BCUT2D eigenvalue weighted by molar-refractivity contribution is 5.79. The number of hydrogen-bond acceptors (Lipinski definition) is 4. The van der Waals surface area contributed by atoms with Gasteiger partial charge in [-0.3, -0.25) is 4.79 Å². The van der Waals surface area contributed by atoms with Gasteiger partial charge in [0.1, 0.15) is 0 Å². The zero-order valence-corrected chi connectivity index (χ0v) is 8.91. The molecule has 5 nitrogen and oxygen atoms in total. The molecule has 0 aromatic rings. The third-order valence-corrected chi connectivity index (χ3v) is 3.92. The number of rotatable bonds is 4. The SMILES string of the molecule is N[C@@](CO)(C(=O)O)[C@@H](O)C1CC2C=CC1C2. The molecule has 16 heavy (non-hydrogen) atoms. The van der Waals surface area contributed by atoms with Crippen LogP contribution in [0.4, 0.5) is 0 Å². The number of aliphatic hydroxyl groups excluding tert-OH is 2. The first-order chi connectivity index (χ1) is 7.49. The van der Waals surface area contributed by atoms with Crippen LogP contribution in [0.25, 0.3) is 0 Å². The standard InChI is InChI=1S/C11H17NO4/c12-11(5-13,10(15)16)9(14)8-4-6-1-2-7(8)3-6/h1-2,6-9,13-14H,3-5,12H2,(H,15,16)/t6?,7?,8?,9-,11+/m0/s1. The second-order valence-electron chi connectivity index (χ2n) is 4.89. The molecule has 0 spiro atoms. The van der Waals surface area contributed by atoms with E-state index in [1.54, 1.807) is 0 Å². The molecule has 2 rings (SSSR count). The molecule has 0 aliphatic heterocycles. The van der Waals surface area contributed by atoms with Gasteiger partial charge in [-0.2, -0.15) is 0 Å². The Morgan fingerprint density at radius 1 is 1.50 bits per heavy atom. The summed E-state index contributed by atoms with van der Waals surface area (Å²) in [7, 11) is 0. The Labute approximate surface area is 93.6 Å². The summed E-state index contributed by atoms with van der Waals surface area (Å²) >= 11 is 0. The van der Waals surface area contributed by atoms with Crippen LogP contribution in [-0.4, -0.2) is 39.5 Å². The Bertz CT molecular complexity index is 330. The van der Waals surface area contributed by atoms with Crippen molar-refractivity contribution in [2.45, 2.75) is 24.5 Å². The van der Waals surface area contributed by atoms with E-state index in [1.165, 1.54) is 0 Å². The van der Waals surface area contributed by atoms with E-state index in [0.29, 0.717) is 5.92 Å². The molecule has 0 aromatic carbocycles. The van der Waals surface area contributed by atoms with Crippen LogP contribution in [0.2, 0.25) is 0 Å². The second-order valence-corrected chi connectivity index (χ2v) is 4.89. The fourth-order valence-electron chi connectivity index (χ4n) is 2.86. The number of allylic oxidation sites excluding steroid dienone is 2. The van der Waals surface area contributed by atoms with E-state index < -0.39 is 24.2 Å². The summed E-state index contributed by atoms with van der Waals surface area (Å²) in [6.07, 6.45) is 4.64. The average Bonchev–Trinajstić information content (AvgIpc) is 2.88. The van der Waals surface area contributed by atoms with E-state index in [0.717, 1.165) is 12.8 Å². The van der Waals surface area contributed by atoms with Crippen molar-refractivity contribution in [3.8, 4) is 0 Å². The lowest BCUT2D eigenvalue weighted by Gasteiger charge is -2.34. The van der Waals surface area contributed by atoms with Gasteiger partial charge in [0, 0.05) is 0 Å². The number of aliphatic hydroxyl groups is 2. The quantitative estimate of drug-likeness (QED) is 0.477. The summed E-state index contributed by atoms with van der Waals surface area (Å²) in [5, 5.41) is 28.1. The number of carboxylic acid groups (broad SMARTS) is 1. The molecular weight excluding hydrogens is 210 g/mol. The predicted octanol–water partition coefficient (Wildman–Crippen LogP) is -0.666. The fourth-order valence-corrected chi connectivity index (χ4v) is 2.86. The number of carbonyl (C=O) groups is 1. The lowest BCUT2D eigenvalue weighted by Crippen LogP contribution is -2.62. The summed E-state index contributed by atoms with van der Waals surface area (Å²) in [5.41, 5.74) is 3.63. The van der Waals surface area contributed by atoms with Crippen LogP contribution >= 0.6 is 0 Å². The Kier molecular flexibility index (Phi) is 2.77. The molecule has 0 aromatic heterocycles. The van der Waals surface area contributed by atoms with E-state index >= 15 is 0 Å². The number of nitrogens with two attached hydrogens (primary N) is 1. The Balaban J connectivity index is 2.15. The highest BCUT2D eigenvalue weighted by Crippen LogP contribution is 2.46. The lowest BCUT2D eigenvalue weighted by atomic mass is 9.78. The molecule has 2 bridgehead atoms. The Morgan fingerprint density at radius 3 is 2.56 bits per heavy atom. The normalized spacial score (nSPS) is 37.3. The van der Waals surface area contributed by atoms with Crippen molar-refractivity contribution < 1.29 is 20.1 Å². The molecule has 5 atom stereocenters. The van der Waals surface area contributed by atoms with Crippen molar-refractivity contribution in [1.29, 1.82) is 0 Å². The highest BCUT2D eigenvalue weighted by Gasteiger charge is 2.50. The predicted molar refractivity (Wildman–Crippen MR) is 56.5 cm³/mol. The van der Waals surface area contributed by atoms with Crippen LogP contribution in [0.5, 0.6) is 0 Å². The monoisotopic (exact) mass is 227 g/mol. The zero-order valence-electron chi connectivity index (χ0n) is 8.91. The molecule has 0 amide bonds. The largest absolute Gasteiger partial charge is 0.480 e. The minimum atomic E-state index is -1.94. The van der Waals surface area contributed by atoms with Gasteiger partial charge in [0.05, 0.1) is 12.7 Å². The van der Waals surface area contributed by atoms with Gasteiger partial charge in [0.15, 0.2) is 5.54 Å². The molecular formula is C11H17NO4. The summed E-state index contributed by atoms with van der Waals surface area (Å²) in [4.78, 5) is 11.0. The maximum atomic E-state index is 11.0. The van der Waals surface area contributed by atoms with E-state index in [-0.39, 0.29) is 11.8 Å². The molecule has 2 aliphatic carbocycles. The summed E-state index contributed by atoms with van der Waals surface area (Å²) in [6, 6.07) is 0. The first-order valence-electron chi connectivity index (χ1n) is 5.48. The topological polar surface area (TPSA) is 104 Å². The van der Waals surface area contributed by atoms with Gasteiger partial charge >= 0.3 is 5.97 Å². The van der Waals surface area contributed by atoms with Crippen molar-refractivity contribution >= 4 is 5.97 Å². The average molecular weight is 227 g/mol. The van der Waals surface area contributed by atoms with Gasteiger partial charge < -0.3 is 21.1 Å². The summed E-state index contributed by atoms with van der Waals surface area (Å²) in [5.74, 6) is -0.868. The van der Waals surface area contributed by atoms with Crippen molar-refractivity contribution in [2.24, 2.45) is 23.5 Å². The molecule has 2 aliphatic rings. The molecule has 0 saturated heterocycles. The molecule has 1 saturated carbocycles. The highest BCUT2D eigenvalue weighted by atomic mass is 16.4. The first-order valence-corrected chi connectivity index (χ1v) is 5.48. The minimum Gasteiger partial charge on any atom is -0.480 e. The lowest BCUT2D eigenvalue weighted by molar-refractivity contribution is -0.152. The fraction of sp³-hybridized carbons (Fsp3) is 0.727. The van der Waals surface area contributed by atoms with Crippen molar-refractivity contribution in [1.82, 2.24) is 0 Å². The van der Waals surface area contributed by atoms with Crippen LogP contribution in [0.1, 0.15) is 12.8 Å². The van der Waals surface area contributed by atoms with Crippen LogP contribution in [-0.2, 0) is 4.79 Å². The molecule has 3 unspecified atom stereocenters. The molecule has 0 radical (unpaired) electrons. The van der Waals surface area contributed by atoms with Crippen LogP contribution in [0, 0.1) is 17.8 Å². The van der Waals surface area contributed by atoms with Crippen LogP contribution in [0.3, 0.4) is 0 Å².